The van der Waals surface area contributed by atoms with E-state index in [1.165, 1.54) is 0 Å². The quantitative estimate of drug-likeness (QED) is 0.619. The third-order valence-electron chi connectivity index (χ3n) is 3.48. The third kappa shape index (κ3) is 5.83. The molecule has 1 aromatic rings. The molecule has 0 saturated carbocycles. The minimum atomic E-state index is -0.894. The Morgan fingerprint density at radius 3 is 2.54 bits per heavy atom. The minimum Gasteiger partial charge on any atom is -0.486 e. The largest absolute Gasteiger partial charge is 0.486 e. The van der Waals surface area contributed by atoms with Crippen molar-refractivity contribution in [1.29, 1.82) is 0 Å². The Balaban J connectivity index is 1.86. The fourth-order valence-electron chi connectivity index (χ4n) is 2.41. The number of esters is 1. The van der Waals surface area contributed by atoms with E-state index in [-0.39, 0.29) is 5.92 Å². The van der Waals surface area contributed by atoms with E-state index in [1.807, 2.05) is 13.8 Å². The van der Waals surface area contributed by atoms with E-state index in [0.29, 0.717) is 36.8 Å². The highest BCUT2D eigenvalue weighted by molar-refractivity contribution is 5.93. The topological polar surface area (TPSA) is 129 Å². The van der Waals surface area contributed by atoms with Gasteiger partial charge in [0, 0.05) is 11.8 Å². The predicted octanol–water partition coefficient (Wildman–Crippen LogP) is 1.02. The summed E-state index contributed by atoms with van der Waals surface area (Å²) < 4.78 is 15.8. The lowest BCUT2D eigenvalue weighted by atomic mass is 10.0. The number of nitrogens with two attached hydrogens (primary N) is 1. The molecule has 0 radical (unpaired) electrons. The van der Waals surface area contributed by atoms with E-state index in [1.54, 1.807) is 18.2 Å². The maximum Gasteiger partial charge on any atom is 0.329 e. The average Bonchev–Trinajstić information content (AvgIpc) is 2.58. The highest BCUT2D eigenvalue weighted by atomic mass is 16.6. The van der Waals surface area contributed by atoms with Crippen molar-refractivity contribution in [2.75, 3.05) is 25.1 Å². The number of fused-ring (bicyclic) bond motifs is 1. The van der Waals surface area contributed by atoms with Crippen molar-refractivity contribution < 1.29 is 28.6 Å². The first kappa shape index (κ1) is 19.4. The number of ether oxygens (including phenoxy) is 3. The molecule has 0 bridgehead atoms. The van der Waals surface area contributed by atoms with Gasteiger partial charge in [-0.2, -0.15) is 0 Å². The number of carbonyl (C=O) groups is 3. The summed E-state index contributed by atoms with van der Waals surface area (Å²) >= 11 is 0. The zero-order valence-corrected chi connectivity index (χ0v) is 14.7. The van der Waals surface area contributed by atoms with Crippen molar-refractivity contribution in [1.82, 2.24) is 5.32 Å². The maximum absolute atomic E-state index is 12.1. The highest BCUT2D eigenvalue weighted by Gasteiger charge is 2.23. The Morgan fingerprint density at radius 1 is 1.19 bits per heavy atom. The van der Waals surface area contributed by atoms with Gasteiger partial charge in [-0.05, 0) is 24.5 Å². The van der Waals surface area contributed by atoms with Crippen LogP contribution in [-0.2, 0) is 14.3 Å². The Hall–Kier alpha value is -2.97. The molecule has 1 aliphatic rings. The molecule has 1 unspecified atom stereocenters. The van der Waals surface area contributed by atoms with Crippen molar-refractivity contribution in [2.45, 2.75) is 26.3 Å². The number of benzene rings is 1. The standard InChI is InChI=1S/C17H23N3O6/c1-10(2)7-12(20-17(18)23)16(22)26-9-15(21)19-11-3-4-13-14(8-11)25-6-5-24-13/h3-4,8,10,12H,5-7,9H2,1-2H3,(H,19,21)(H3,18,20,23). The van der Waals surface area contributed by atoms with Crippen LogP contribution in [0.3, 0.4) is 0 Å². The van der Waals surface area contributed by atoms with E-state index in [2.05, 4.69) is 10.6 Å². The molecule has 1 aliphatic heterocycles. The van der Waals surface area contributed by atoms with E-state index in [0.717, 1.165) is 0 Å². The molecule has 9 nitrogen and oxygen atoms in total. The van der Waals surface area contributed by atoms with E-state index in [4.69, 9.17) is 19.9 Å². The number of anilines is 1. The molecule has 26 heavy (non-hydrogen) atoms. The van der Waals surface area contributed by atoms with Crippen LogP contribution < -0.4 is 25.8 Å². The van der Waals surface area contributed by atoms with Gasteiger partial charge in [0.25, 0.3) is 5.91 Å². The molecule has 0 saturated heterocycles. The van der Waals surface area contributed by atoms with Crippen LogP contribution in [0.5, 0.6) is 11.5 Å². The number of hydrogen-bond acceptors (Lipinski definition) is 6. The molecular formula is C17H23N3O6. The number of carbonyl (C=O) groups excluding carboxylic acids is 3. The number of rotatable bonds is 7. The van der Waals surface area contributed by atoms with Crippen LogP contribution in [0.2, 0.25) is 0 Å². The first-order valence-electron chi connectivity index (χ1n) is 8.27. The molecule has 142 valence electrons. The normalized spacial score (nSPS) is 13.7. The van der Waals surface area contributed by atoms with Crippen molar-refractivity contribution in [3.63, 3.8) is 0 Å². The summed E-state index contributed by atoms with van der Waals surface area (Å²) in [5, 5.41) is 4.92. The van der Waals surface area contributed by atoms with Gasteiger partial charge >= 0.3 is 12.0 Å². The summed E-state index contributed by atoms with van der Waals surface area (Å²) in [6, 6.07) is 3.25. The Labute approximate surface area is 151 Å². The van der Waals surface area contributed by atoms with E-state index < -0.39 is 30.6 Å². The number of urea groups is 1. The van der Waals surface area contributed by atoms with Crippen LogP contribution in [0.4, 0.5) is 10.5 Å². The Kier molecular flexibility index (Phi) is 6.65. The van der Waals surface area contributed by atoms with Crippen LogP contribution in [0.15, 0.2) is 18.2 Å². The number of amides is 3. The molecule has 0 fully saturated rings. The molecule has 1 aromatic carbocycles. The average molecular weight is 365 g/mol. The van der Waals surface area contributed by atoms with Gasteiger partial charge in [0.15, 0.2) is 18.1 Å². The zero-order valence-electron chi connectivity index (χ0n) is 14.7. The van der Waals surface area contributed by atoms with Gasteiger partial charge < -0.3 is 30.6 Å². The monoisotopic (exact) mass is 365 g/mol. The van der Waals surface area contributed by atoms with Gasteiger partial charge in [0.05, 0.1) is 0 Å². The molecule has 9 heteroatoms. The molecule has 1 atom stereocenters. The van der Waals surface area contributed by atoms with Gasteiger partial charge in [-0.3, -0.25) is 4.79 Å². The van der Waals surface area contributed by atoms with Crippen molar-refractivity contribution >= 4 is 23.6 Å². The van der Waals surface area contributed by atoms with E-state index in [9.17, 15) is 14.4 Å². The number of primary amides is 1. The van der Waals surface area contributed by atoms with Crippen molar-refractivity contribution in [3.05, 3.63) is 18.2 Å². The summed E-state index contributed by atoms with van der Waals surface area (Å²) in [5.41, 5.74) is 5.55. The molecule has 0 spiro atoms. The lowest BCUT2D eigenvalue weighted by Crippen LogP contribution is -2.45. The lowest BCUT2D eigenvalue weighted by Gasteiger charge is -2.19. The van der Waals surface area contributed by atoms with Gasteiger partial charge in [-0.15, -0.1) is 0 Å². The zero-order chi connectivity index (χ0) is 19.1. The second-order valence-electron chi connectivity index (χ2n) is 6.21. The van der Waals surface area contributed by atoms with Crippen molar-refractivity contribution in [2.24, 2.45) is 11.7 Å². The smallest absolute Gasteiger partial charge is 0.329 e. The first-order chi connectivity index (χ1) is 12.3. The van der Waals surface area contributed by atoms with Gasteiger partial charge in [0.1, 0.15) is 19.3 Å². The summed E-state index contributed by atoms with van der Waals surface area (Å²) in [6.45, 7) is 4.20. The van der Waals surface area contributed by atoms with E-state index >= 15 is 0 Å². The third-order valence-corrected chi connectivity index (χ3v) is 3.48. The maximum atomic E-state index is 12.1. The molecule has 0 aliphatic carbocycles. The van der Waals surface area contributed by atoms with Crippen LogP contribution >= 0.6 is 0 Å². The molecule has 2 rings (SSSR count). The van der Waals surface area contributed by atoms with Gasteiger partial charge in [-0.25, -0.2) is 9.59 Å². The molecule has 3 amide bonds. The minimum absolute atomic E-state index is 0.131. The summed E-state index contributed by atoms with van der Waals surface area (Å²) in [7, 11) is 0. The summed E-state index contributed by atoms with van der Waals surface area (Å²) in [6.07, 6.45) is 0.353. The molecule has 4 N–H and O–H groups in total. The second-order valence-corrected chi connectivity index (χ2v) is 6.21. The highest BCUT2D eigenvalue weighted by Crippen LogP contribution is 2.32. The Bertz CT molecular complexity index is 676. The van der Waals surface area contributed by atoms with Crippen molar-refractivity contribution in [3.8, 4) is 11.5 Å². The summed E-state index contributed by atoms with van der Waals surface area (Å²) in [4.78, 5) is 35.0. The van der Waals surface area contributed by atoms with Crippen LogP contribution in [0, 0.1) is 5.92 Å². The SMILES string of the molecule is CC(C)CC(NC(N)=O)C(=O)OCC(=O)Nc1ccc2c(c1)OCCO2. The van der Waals surface area contributed by atoms with Crippen LogP contribution in [-0.4, -0.2) is 43.8 Å². The lowest BCUT2D eigenvalue weighted by molar-refractivity contribution is -0.149. The van der Waals surface area contributed by atoms with Gasteiger partial charge in [0.2, 0.25) is 0 Å². The first-order valence-corrected chi connectivity index (χ1v) is 8.27. The molecule has 1 heterocycles. The van der Waals surface area contributed by atoms with Crippen LogP contribution in [0.1, 0.15) is 20.3 Å². The van der Waals surface area contributed by atoms with Crippen LogP contribution in [0.25, 0.3) is 0 Å². The fraction of sp³-hybridized carbons (Fsp3) is 0.471. The number of hydrogen-bond donors (Lipinski definition) is 3. The fourth-order valence-corrected chi connectivity index (χ4v) is 2.41. The predicted molar refractivity (Wildman–Crippen MR) is 93.0 cm³/mol. The molecule has 0 aromatic heterocycles. The summed E-state index contributed by atoms with van der Waals surface area (Å²) in [5.74, 6) is 0.0431. The molecular weight excluding hydrogens is 342 g/mol. The number of nitrogens with one attached hydrogen (secondary N) is 2. The second kappa shape index (κ2) is 8.93. The Morgan fingerprint density at radius 2 is 1.88 bits per heavy atom. The van der Waals surface area contributed by atoms with Gasteiger partial charge in [-0.1, -0.05) is 13.8 Å².